The fourth-order valence-electron chi connectivity index (χ4n) is 2.26. The molecular weight excluding hydrogens is 184 g/mol. The second-order valence-corrected chi connectivity index (χ2v) is 5.22. The van der Waals surface area contributed by atoms with Crippen LogP contribution < -0.4 is 0 Å². The van der Waals surface area contributed by atoms with Gasteiger partial charge in [-0.25, -0.2) is 4.98 Å². The molecule has 1 heterocycles. The van der Waals surface area contributed by atoms with Gasteiger partial charge in [0.1, 0.15) is 5.82 Å². The van der Waals surface area contributed by atoms with Crippen molar-refractivity contribution in [2.75, 3.05) is 0 Å². The summed E-state index contributed by atoms with van der Waals surface area (Å²) in [4.78, 5) is 8.28. The average Bonchev–Trinajstić information content (AvgIpc) is 2.60. The molecular formula is C13H22N2. The second-order valence-electron chi connectivity index (χ2n) is 5.22. The van der Waals surface area contributed by atoms with Crippen LogP contribution in [0.1, 0.15) is 57.2 Å². The van der Waals surface area contributed by atoms with Gasteiger partial charge in [0, 0.05) is 11.6 Å². The smallest absolute Gasteiger partial charge is 0.109 e. The summed E-state index contributed by atoms with van der Waals surface area (Å²) in [5, 5.41) is 0. The van der Waals surface area contributed by atoms with Crippen molar-refractivity contribution in [3.05, 3.63) is 17.2 Å². The molecule has 0 spiro atoms. The Bertz CT molecular complexity index is 313. The molecule has 1 aliphatic rings. The van der Waals surface area contributed by atoms with Crippen LogP contribution in [0.15, 0.2) is 0 Å². The second kappa shape index (κ2) is 3.99. The number of H-pyrrole nitrogens is 1. The summed E-state index contributed by atoms with van der Waals surface area (Å²) < 4.78 is 0. The molecule has 84 valence electrons. The predicted molar refractivity (Wildman–Crippen MR) is 63.0 cm³/mol. The molecule has 0 amide bonds. The summed E-state index contributed by atoms with van der Waals surface area (Å²) in [6, 6.07) is 0. The molecule has 2 rings (SSSR count). The Morgan fingerprint density at radius 2 is 2.00 bits per heavy atom. The van der Waals surface area contributed by atoms with Gasteiger partial charge >= 0.3 is 0 Å². The van der Waals surface area contributed by atoms with Gasteiger partial charge in [-0.2, -0.15) is 0 Å². The number of nitrogens with one attached hydrogen (secondary N) is 1. The minimum absolute atomic E-state index is 0.571. The number of hydrogen-bond acceptors (Lipinski definition) is 1. The van der Waals surface area contributed by atoms with E-state index in [0.717, 1.165) is 24.7 Å². The lowest BCUT2D eigenvalue weighted by molar-refractivity contribution is 0.355. The highest BCUT2D eigenvalue weighted by Gasteiger charge is 2.25. The van der Waals surface area contributed by atoms with Gasteiger partial charge < -0.3 is 4.98 Å². The van der Waals surface area contributed by atoms with E-state index >= 15 is 0 Å². The largest absolute Gasteiger partial charge is 0.345 e. The van der Waals surface area contributed by atoms with Crippen molar-refractivity contribution in [2.45, 2.75) is 52.9 Å². The fraction of sp³-hybridized carbons (Fsp3) is 0.769. The van der Waals surface area contributed by atoms with Crippen molar-refractivity contribution in [3.63, 3.8) is 0 Å². The summed E-state index contributed by atoms with van der Waals surface area (Å²) in [5.41, 5.74) is 2.73. The zero-order valence-corrected chi connectivity index (χ0v) is 10.3. The van der Waals surface area contributed by atoms with E-state index in [2.05, 4.69) is 32.7 Å². The monoisotopic (exact) mass is 206 g/mol. The Balaban J connectivity index is 2.25. The van der Waals surface area contributed by atoms with Gasteiger partial charge in [-0.15, -0.1) is 0 Å². The van der Waals surface area contributed by atoms with Gasteiger partial charge in [-0.05, 0) is 31.1 Å². The molecule has 2 heteroatoms. The van der Waals surface area contributed by atoms with Crippen molar-refractivity contribution in [1.82, 2.24) is 9.97 Å². The van der Waals surface area contributed by atoms with Gasteiger partial charge in [0.05, 0.1) is 5.69 Å². The number of hydrogen-bond donors (Lipinski definition) is 1. The van der Waals surface area contributed by atoms with Crippen LogP contribution in [0.2, 0.25) is 0 Å². The topological polar surface area (TPSA) is 28.7 Å². The highest BCUT2D eigenvalue weighted by Crippen LogP contribution is 2.29. The van der Waals surface area contributed by atoms with E-state index in [-0.39, 0.29) is 0 Å². The lowest BCUT2D eigenvalue weighted by Crippen LogP contribution is -2.20. The van der Waals surface area contributed by atoms with Gasteiger partial charge in [-0.3, -0.25) is 0 Å². The van der Waals surface area contributed by atoms with Gasteiger partial charge in [-0.1, -0.05) is 27.7 Å². The number of imidazole rings is 1. The molecule has 0 saturated carbocycles. The van der Waals surface area contributed by atoms with Crippen LogP contribution in [-0.4, -0.2) is 9.97 Å². The summed E-state index contributed by atoms with van der Waals surface area (Å²) in [5.74, 6) is 3.35. The van der Waals surface area contributed by atoms with Crippen LogP contribution in [-0.2, 0) is 12.8 Å². The Morgan fingerprint density at radius 1 is 1.33 bits per heavy atom. The van der Waals surface area contributed by atoms with E-state index in [1.165, 1.54) is 23.6 Å². The van der Waals surface area contributed by atoms with E-state index in [1.807, 2.05) is 0 Å². The molecule has 15 heavy (non-hydrogen) atoms. The zero-order valence-electron chi connectivity index (χ0n) is 10.3. The number of rotatable bonds is 2. The first-order valence-electron chi connectivity index (χ1n) is 6.19. The first-order chi connectivity index (χ1) is 7.11. The van der Waals surface area contributed by atoms with Crippen LogP contribution in [0.4, 0.5) is 0 Å². The SMILES string of the molecule is CCC(C)c1nc2c([nH]1)CC(C)C(C)C2. The maximum atomic E-state index is 4.75. The first-order valence-corrected chi connectivity index (χ1v) is 6.19. The molecule has 0 saturated heterocycles. The van der Waals surface area contributed by atoms with Gasteiger partial charge in [0.15, 0.2) is 0 Å². The maximum Gasteiger partial charge on any atom is 0.109 e. The van der Waals surface area contributed by atoms with E-state index in [4.69, 9.17) is 4.98 Å². The minimum atomic E-state index is 0.571. The van der Waals surface area contributed by atoms with E-state index < -0.39 is 0 Å². The number of fused-ring (bicyclic) bond motifs is 1. The average molecular weight is 206 g/mol. The van der Waals surface area contributed by atoms with Crippen LogP contribution in [0, 0.1) is 11.8 Å². The first kappa shape index (κ1) is 10.7. The summed E-state index contributed by atoms with van der Waals surface area (Å²) in [7, 11) is 0. The van der Waals surface area contributed by atoms with E-state index in [1.54, 1.807) is 0 Å². The summed E-state index contributed by atoms with van der Waals surface area (Å²) in [6.45, 7) is 9.15. The molecule has 1 aromatic heterocycles. The van der Waals surface area contributed by atoms with Crippen LogP contribution in [0.3, 0.4) is 0 Å². The Kier molecular flexibility index (Phi) is 2.85. The Hall–Kier alpha value is -0.790. The molecule has 1 aliphatic carbocycles. The zero-order chi connectivity index (χ0) is 11.0. The molecule has 2 nitrogen and oxygen atoms in total. The molecule has 3 atom stereocenters. The van der Waals surface area contributed by atoms with Crippen molar-refractivity contribution in [3.8, 4) is 0 Å². The van der Waals surface area contributed by atoms with Crippen molar-refractivity contribution < 1.29 is 0 Å². The summed E-state index contributed by atoms with van der Waals surface area (Å²) in [6.07, 6.45) is 3.50. The predicted octanol–water partition coefficient (Wildman–Crippen LogP) is 3.29. The van der Waals surface area contributed by atoms with E-state index in [0.29, 0.717) is 5.92 Å². The van der Waals surface area contributed by atoms with Gasteiger partial charge in [0.2, 0.25) is 0 Å². The molecule has 0 fully saturated rings. The Morgan fingerprint density at radius 3 is 2.67 bits per heavy atom. The van der Waals surface area contributed by atoms with E-state index in [9.17, 15) is 0 Å². The Labute approximate surface area is 92.5 Å². The van der Waals surface area contributed by atoms with Crippen molar-refractivity contribution >= 4 is 0 Å². The molecule has 0 radical (unpaired) electrons. The standard InChI is InChI=1S/C13H22N2/c1-5-8(2)13-14-11-6-9(3)10(4)7-12(11)15-13/h8-10H,5-7H2,1-4H3,(H,14,15). The summed E-state index contributed by atoms with van der Waals surface area (Å²) >= 11 is 0. The lowest BCUT2D eigenvalue weighted by Gasteiger charge is -2.24. The normalized spacial score (nSPS) is 27.5. The molecule has 0 aliphatic heterocycles. The molecule has 0 aromatic carbocycles. The third-order valence-corrected chi connectivity index (χ3v) is 3.97. The van der Waals surface area contributed by atoms with Crippen LogP contribution in [0.25, 0.3) is 0 Å². The van der Waals surface area contributed by atoms with Gasteiger partial charge in [0.25, 0.3) is 0 Å². The number of nitrogens with zero attached hydrogens (tertiary/aromatic N) is 1. The third-order valence-electron chi connectivity index (χ3n) is 3.97. The minimum Gasteiger partial charge on any atom is -0.345 e. The number of aromatic nitrogens is 2. The highest BCUT2D eigenvalue weighted by molar-refractivity contribution is 5.20. The van der Waals surface area contributed by atoms with Crippen molar-refractivity contribution in [2.24, 2.45) is 11.8 Å². The quantitative estimate of drug-likeness (QED) is 0.790. The maximum absolute atomic E-state index is 4.75. The third kappa shape index (κ3) is 1.95. The van der Waals surface area contributed by atoms with Crippen molar-refractivity contribution in [1.29, 1.82) is 0 Å². The highest BCUT2D eigenvalue weighted by atomic mass is 14.9. The molecule has 1 aromatic rings. The van der Waals surface area contributed by atoms with Crippen LogP contribution in [0.5, 0.6) is 0 Å². The molecule has 3 unspecified atom stereocenters. The lowest BCUT2D eigenvalue weighted by atomic mass is 9.82. The molecule has 0 bridgehead atoms. The number of aromatic amines is 1. The molecule has 1 N–H and O–H groups in total. The van der Waals surface area contributed by atoms with Crippen LogP contribution >= 0.6 is 0 Å². The fourth-order valence-corrected chi connectivity index (χ4v) is 2.26.